The fourth-order valence-electron chi connectivity index (χ4n) is 1.53. The second kappa shape index (κ2) is 6.21. The Morgan fingerprint density at radius 3 is 2.50 bits per heavy atom. The van der Waals surface area contributed by atoms with E-state index in [1.165, 1.54) is 22.6 Å². The second-order valence-electron chi connectivity index (χ2n) is 3.74. The summed E-state index contributed by atoms with van der Waals surface area (Å²) >= 11 is 4.77. The Morgan fingerprint density at radius 2 is 2.11 bits per heavy atom. The van der Waals surface area contributed by atoms with Gasteiger partial charge in [-0.1, -0.05) is 26.1 Å². The van der Waals surface area contributed by atoms with Crippen LogP contribution in [-0.4, -0.2) is 35.8 Å². The Balaban J connectivity index is 3.08. The molecule has 1 heterocycles. The van der Waals surface area contributed by atoms with Gasteiger partial charge in [-0.2, -0.15) is 4.31 Å². The second-order valence-corrected chi connectivity index (χ2v) is 6.12. The molecule has 0 fully saturated rings. The van der Waals surface area contributed by atoms with Crippen LogP contribution in [0, 0.1) is 0 Å². The van der Waals surface area contributed by atoms with Crippen LogP contribution < -0.4 is 5.73 Å². The molecule has 1 aromatic rings. The van der Waals surface area contributed by atoms with Crippen LogP contribution in [0.3, 0.4) is 0 Å². The van der Waals surface area contributed by atoms with E-state index in [0.717, 1.165) is 6.42 Å². The monoisotopic (exact) mass is 287 g/mol. The van der Waals surface area contributed by atoms with Crippen LogP contribution in [-0.2, 0) is 10.0 Å². The van der Waals surface area contributed by atoms with Crippen LogP contribution in [0.2, 0.25) is 0 Å². The van der Waals surface area contributed by atoms with E-state index in [1.54, 1.807) is 0 Å². The molecule has 0 spiro atoms. The van der Waals surface area contributed by atoms with Crippen molar-refractivity contribution in [3.05, 3.63) is 24.0 Å². The smallest absolute Gasteiger partial charge is 0.244 e. The first kappa shape index (κ1) is 15.0. The average Bonchev–Trinajstić information content (AvgIpc) is 2.35. The molecule has 0 aliphatic carbocycles. The SMILES string of the molecule is CCCN(CC)S(=O)(=O)c1ccc(C(N)=S)nc1. The largest absolute Gasteiger partial charge is 0.388 e. The van der Waals surface area contributed by atoms with Crippen molar-refractivity contribution >= 4 is 27.2 Å². The third-order valence-electron chi connectivity index (χ3n) is 2.45. The molecular weight excluding hydrogens is 270 g/mol. The number of sulfonamides is 1. The third-order valence-corrected chi connectivity index (χ3v) is 4.62. The molecule has 0 saturated carbocycles. The minimum atomic E-state index is -3.47. The highest BCUT2D eigenvalue weighted by molar-refractivity contribution is 7.89. The van der Waals surface area contributed by atoms with E-state index in [9.17, 15) is 8.42 Å². The number of aromatic nitrogens is 1. The lowest BCUT2D eigenvalue weighted by Gasteiger charge is -2.19. The Labute approximate surface area is 113 Å². The number of nitrogens with zero attached hydrogens (tertiary/aromatic N) is 2. The van der Waals surface area contributed by atoms with E-state index in [4.69, 9.17) is 18.0 Å². The van der Waals surface area contributed by atoms with E-state index in [1.807, 2.05) is 13.8 Å². The Bertz CT molecular complexity index is 512. The minimum Gasteiger partial charge on any atom is -0.388 e. The summed E-state index contributed by atoms with van der Waals surface area (Å²) in [4.78, 5) is 4.27. The van der Waals surface area contributed by atoms with Gasteiger partial charge < -0.3 is 5.73 Å². The molecule has 5 nitrogen and oxygen atoms in total. The highest BCUT2D eigenvalue weighted by atomic mass is 32.2. The molecule has 0 aliphatic heterocycles. The van der Waals surface area contributed by atoms with E-state index in [-0.39, 0.29) is 9.88 Å². The lowest BCUT2D eigenvalue weighted by atomic mass is 10.3. The van der Waals surface area contributed by atoms with Crippen LogP contribution in [0.15, 0.2) is 23.2 Å². The zero-order chi connectivity index (χ0) is 13.8. The highest BCUT2D eigenvalue weighted by Crippen LogP contribution is 2.15. The first-order chi connectivity index (χ1) is 8.43. The van der Waals surface area contributed by atoms with Crippen LogP contribution in [0.1, 0.15) is 26.0 Å². The van der Waals surface area contributed by atoms with Gasteiger partial charge in [-0.25, -0.2) is 8.42 Å². The van der Waals surface area contributed by atoms with E-state index in [0.29, 0.717) is 18.8 Å². The van der Waals surface area contributed by atoms with Gasteiger partial charge in [-0.15, -0.1) is 0 Å². The average molecular weight is 287 g/mol. The molecule has 0 aromatic carbocycles. The summed E-state index contributed by atoms with van der Waals surface area (Å²) in [5, 5.41) is 0. The topological polar surface area (TPSA) is 76.3 Å². The summed E-state index contributed by atoms with van der Waals surface area (Å²) in [6.45, 7) is 4.68. The van der Waals surface area contributed by atoms with E-state index < -0.39 is 10.0 Å². The molecule has 100 valence electrons. The molecule has 0 saturated heterocycles. The van der Waals surface area contributed by atoms with Gasteiger partial charge in [-0.05, 0) is 18.6 Å². The zero-order valence-corrected chi connectivity index (χ0v) is 12.1. The lowest BCUT2D eigenvalue weighted by molar-refractivity contribution is 0.427. The molecule has 1 rings (SSSR count). The maximum absolute atomic E-state index is 12.3. The molecule has 0 bridgehead atoms. The standard InChI is InChI=1S/C11H17N3O2S2/c1-3-7-14(4-2)18(15,16)9-5-6-10(11(12)17)13-8-9/h5-6,8H,3-4,7H2,1-2H3,(H2,12,17). The van der Waals surface area contributed by atoms with Crippen molar-refractivity contribution in [1.29, 1.82) is 0 Å². The van der Waals surface area contributed by atoms with Crippen molar-refractivity contribution in [2.75, 3.05) is 13.1 Å². The summed E-state index contributed by atoms with van der Waals surface area (Å²) < 4.78 is 25.9. The van der Waals surface area contributed by atoms with Gasteiger partial charge in [0.05, 0.1) is 5.69 Å². The van der Waals surface area contributed by atoms with Crippen LogP contribution in [0.25, 0.3) is 0 Å². The Hall–Kier alpha value is -1.05. The van der Waals surface area contributed by atoms with Gasteiger partial charge in [0.1, 0.15) is 9.88 Å². The van der Waals surface area contributed by atoms with Gasteiger partial charge in [0.2, 0.25) is 10.0 Å². The number of hydrogen-bond donors (Lipinski definition) is 1. The molecule has 0 atom stereocenters. The highest BCUT2D eigenvalue weighted by Gasteiger charge is 2.22. The van der Waals surface area contributed by atoms with Gasteiger partial charge >= 0.3 is 0 Å². The van der Waals surface area contributed by atoms with Crippen molar-refractivity contribution in [3.8, 4) is 0 Å². The summed E-state index contributed by atoms with van der Waals surface area (Å²) in [6, 6.07) is 3.00. The Kier molecular flexibility index (Phi) is 5.18. The summed E-state index contributed by atoms with van der Waals surface area (Å²) in [5.41, 5.74) is 5.83. The minimum absolute atomic E-state index is 0.153. The van der Waals surface area contributed by atoms with Crippen LogP contribution in [0.4, 0.5) is 0 Å². The maximum atomic E-state index is 12.3. The summed E-state index contributed by atoms with van der Waals surface area (Å²) in [5.74, 6) is 0. The number of pyridine rings is 1. The van der Waals surface area contributed by atoms with Crippen molar-refractivity contribution in [2.24, 2.45) is 5.73 Å². The zero-order valence-electron chi connectivity index (χ0n) is 10.5. The molecule has 1 aromatic heterocycles. The predicted octanol–water partition coefficient (Wildman–Crippen LogP) is 1.14. The van der Waals surface area contributed by atoms with Crippen LogP contribution in [0.5, 0.6) is 0 Å². The van der Waals surface area contributed by atoms with Crippen molar-refractivity contribution in [3.63, 3.8) is 0 Å². The van der Waals surface area contributed by atoms with Gasteiger partial charge in [0, 0.05) is 19.3 Å². The number of thiocarbonyl (C=S) groups is 1. The normalized spacial score (nSPS) is 11.7. The van der Waals surface area contributed by atoms with Crippen molar-refractivity contribution < 1.29 is 8.42 Å². The Morgan fingerprint density at radius 1 is 1.44 bits per heavy atom. The van der Waals surface area contributed by atoms with Crippen LogP contribution >= 0.6 is 12.2 Å². The maximum Gasteiger partial charge on any atom is 0.244 e. The quantitative estimate of drug-likeness (QED) is 0.794. The molecule has 0 unspecified atom stereocenters. The summed E-state index contributed by atoms with van der Waals surface area (Å²) in [6.07, 6.45) is 2.06. The lowest BCUT2D eigenvalue weighted by Crippen LogP contribution is -2.31. The third kappa shape index (κ3) is 3.24. The van der Waals surface area contributed by atoms with Gasteiger partial charge in [0.25, 0.3) is 0 Å². The first-order valence-electron chi connectivity index (χ1n) is 5.69. The molecule has 18 heavy (non-hydrogen) atoms. The number of hydrogen-bond acceptors (Lipinski definition) is 4. The molecule has 0 aliphatic rings. The predicted molar refractivity (Wildman–Crippen MR) is 74.8 cm³/mol. The van der Waals surface area contributed by atoms with Gasteiger partial charge in [-0.3, -0.25) is 4.98 Å². The fourth-order valence-corrected chi connectivity index (χ4v) is 3.13. The number of rotatable bonds is 6. The van der Waals surface area contributed by atoms with Crippen molar-refractivity contribution in [1.82, 2.24) is 9.29 Å². The van der Waals surface area contributed by atoms with E-state index in [2.05, 4.69) is 4.98 Å². The van der Waals surface area contributed by atoms with E-state index >= 15 is 0 Å². The molecular formula is C11H17N3O2S2. The number of nitrogens with two attached hydrogens (primary N) is 1. The van der Waals surface area contributed by atoms with Crippen molar-refractivity contribution in [2.45, 2.75) is 25.2 Å². The first-order valence-corrected chi connectivity index (χ1v) is 7.54. The molecule has 2 N–H and O–H groups in total. The fraction of sp³-hybridized carbons (Fsp3) is 0.455. The molecule has 0 amide bonds. The van der Waals surface area contributed by atoms with Gasteiger partial charge in [0.15, 0.2) is 0 Å². The molecule has 0 radical (unpaired) electrons. The summed E-state index contributed by atoms with van der Waals surface area (Å²) in [7, 11) is -3.47. The molecule has 7 heteroatoms.